The summed E-state index contributed by atoms with van der Waals surface area (Å²) < 4.78 is 12.2. The van der Waals surface area contributed by atoms with Crippen LogP contribution in [0.25, 0.3) is 11.3 Å². The Kier molecular flexibility index (Phi) is 4.03. The highest BCUT2D eigenvalue weighted by Crippen LogP contribution is 2.37. The number of nitrogens with zero attached hydrogens (tertiary/aromatic N) is 1. The second kappa shape index (κ2) is 5.62. The molecule has 0 unspecified atom stereocenters. The number of halogens is 1. The van der Waals surface area contributed by atoms with E-state index in [1.54, 1.807) is 0 Å². The van der Waals surface area contributed by atoms with E-state index in [1.807, 2.05) is 71.0 Å². The van der Waals surface area contributed by atoms with Crippen LogP contribution >= 0.6 is 11.6 Å². The molecule has 0 spiro atoms. The number of hydrogen-bond donors (Lipinski definition) is 0. The zero-order valence-corrected chi connectivity index (χ0v) is 14.9. The topological polar surface area (TPSA) is 31.4 Å². The maximum Gasteiger partial charge on any atom is 0.496 e. The molecule has 1 fully saturated rings. The molecule has 5 heteroatoms. The first-order chi connectivity index (χ1) is 10.7. The summed E-state index contributed by atoms with van der Waals surface area (Å²) in [5.41, 5.74) is 2.77. The Morgan fingerprint density at radius 3 is 2.13 bits per heavy atom. The first-order valence-electron chi connectivity index (χ1n) is 7.79. The molecule has 0 aliphatic carbocycles. The Labute approximate surface area is 143 Å². The molecule has 2 aromatic rings. The van der Waals surface area contributed by atoms with E-state index in [0.29, 0.717) is 5.02 Å². The maximum atomic E-state index is 6.48. The van der Waals surface area contributed by atoms with Crippen molar-refractivity contribution in [3.63, 3.8) is 0 Å². The normalized spacial score (nSPS) is 19.1. The highest BCUT2D eigenvalue weighted by atomic mass is 35.5. The fraction of sp³-hybridized carbons (Fsp3) is 0.389. The largest absolute Gasteiger partial charge is 0.496 e. The van der Waals surface area contributed by atoms with Gasteiger partial charge in [0.05, 0.1) is 21.9 Å². The molecule has 1 saturated heterocycles. The zero-order chi connectivity index (χ0) is 16.8. The standard InChI is InChI=1S/C18H21BClNO2/c1-12-14(19-22-17(2,3)18(4,5)23-19)11-15(20)16(21-12)13-9-7-6-8-10-13/h6-11H,1-5H3. The van der Waals surface area contributed by atoms with Crippen LogP contribution in [0.3, 0.4) is 0 Å². The lowest BCUT2D eigenvalue weighted by atomic mass is 9.77. The third-order valence-corrected chi connectivity index (χ3v) is 5.05. The fourth-order valence-corrected chi connectivity index (χ4v) is 2.87. The Morgan fingerprint density at radius 1 is 1.00 bits per heavy atom. The number of rotatable bonds is 2. The third kappa shape index (κ3) is 2.91. The Hall–Kier alpha value is -1.36. The Bertz CT molecular complexity index is 715. The molecule has 0 atom stereocenters. The van der Waals surface area contributed by atoms with Crippen LogP contribution in [0.4, 0.5) is 0 Å². The van der Waals surface area contributed by atoms with Gasteiger partial charge in [-0.05, 0) is 40.7 Å². The zero-order valence-electron chi connectivity index (χ0n) is 14.2. The van der Waals surface area contributed by atoms with E-state index < -0.39 is 7.12 Å². The SMILES string of the molecule is Cc1nc(-c2ccccc2)c(Cl)cc1B1OC(C)(C)C(C)(C)O1. The summed E-state index contributed by atoms with van der Waals surface area (Å²) in [6.07, 6.45) is 0. The van der Waals surface area contributed by atoms with Gasteiger partial charge in [-0.3, -0.25) is 4.98 Å². The maximum absolute atomic E-state index is 6.48. The predicted octanol–water partition coefficient (Wildman–Crippen LogP) is 4.01. The van der Waals surface area contributed by atoms with Crippen LogP contribution in [0.5, 0.6) is 0 Å². The predicted molar refractivity (Wildman–Crippen MR) is 95.1 cm³/mol. The summed E-state index contributed by atoms with van der Waals surface area (Å²) in [4.78, 5) is 4.69. The average Bonchev–Trinajstić information content (AvgIpc) is 2.70. The van der Waals surface area contributed by atoms with Crippen molar-refractivity contribution < 1.29 is 9.31 Å². The second-order valence-corrected chi connectivity index (χ2v) is 7.35. The molecule has 3 rings (SSSR count). The number of pyridine rings is 1. The van der Waals surface area contributed by atoms with Gasteiger partial charge in [0.15, 0.2) is 0 Å². The molecule has 1 aromatic carbocycles. The summed E-state index contributed by atoms with van der Waals surface area (Å²) in [5.74, 6) is 0. The molecule has 3 nitrogen and oxygen atoms in total. The quantitative estimate of drug-likeness (QED) is 0.780. The lowest BCUT2D eigenvalue weighted by Gasteiger charge is -2.32. The van der Waals surface area contributed by atoms with Crippen LogP contribution in [0.15, 0.2) is 36.4 Å². The van der Waals surface area contributed by atoms with E-state index in [-0.39, 0.29) is 11.2 Å². The van der Waals surface area contributed by atoms with E-state index in [1.165, 1.54) is 0 Å². The lowest BCUT2D eigenvalue weighted by Crippen LogP contribution is -2.41. The summed E-state index contributed by atoms with van der Waals surface area (Å²) >= 11 is 6.48. The first-order valence-corrected chi connectivity index (χ1v) is 8.17. The summed E-state index contributed by atoms with van der Waals surface area (Å²) in [6.45, 7) is 10.1. The van der Waals surface area contributed by atoms with Crippen molar-refractivity contribution >= 4 is 24.2 Å². The molecule has 1 aromatic heterocycles. The summed E-state index contributed by atoms with van der Waals surface area (Å²) in [7, 11) is -0.449. The minimum absolute atomic E-state index is 0.380. The fourth-order valence-electron chi connectivity index (χ4n) is 2.60. The van der Waals surface area contributed by atoms with Crippen LogP contribution in [-0.2, 0) is 9.31 Å². The van der Waals surface area contributed by atoms with Crippen LogP contribution in [0.2, 0.25) is 5.02 Å². The van der Waals surface area contributed by atoms with Gasteiger partial charge in [0.25, 0.3) is 0 Å². The van der Waals surface area contributed by atoms with Gasteiger partial charge in [0, 0.05) is 16.7 Å². The van der Waals surface area contributed by atoms with E-state index >= 15 is 0 Å². The van der Waals surface area contributed by atoms with Crippen LogP contribution in [0, 0.1) is 6.92 Å². The molecular formula is C18H21BClNO2. The van der Waals surface area contributed by atoms with Gasteiger partial charge < -0.3 is 9.31 Å². The van der Waals surface area contributed by atoms with E-state index in [9.17, 15) is 0 Å². The van der Waals surface area contributed by atoms with Crippen molar-refractivity contribution in [2.45, 2.75) is 45.8 Å². The van der Waals surface area contributed by atoms with E-state index in [2.05, 4.69) is 0 Å². The van der Waals surface area contributed by atoms with Crippen LogP contribution in [-0.4, -0.2) is 23.3 Å². The summed E-state index contributed by atoms with van der Waals surface area (Å²) in [5, 5.41) is 0.603. The minimum atomic E-state index is -0.449. The van der Waals surface area contributed by atoms with Gasteiger partial charge in [0.1, 0.15) is 0 Å². The lowest BCUT2D eigenvalue weighted by molar-refractivity contribution is 0.00578. The molecule has 0 N–H and O–H groups in total. The van der Waals surface area contributed by atoms with Crippen LogP contribution in [0.1, 0.15) is 33.4 Å². The molecule has 1 aliphatic heterocycles. The van der Waals surface area contributed by atoms with E-state index in [0.717, 1.165) is 22.4 Å². The van der Waals surface area contributed by atoms with Crippen molar-refractivity contribution in [1.82, 2.24) is 4.98 Å². The Balaban J connectivity index is 1.99. The molecular weight excluding hydrogens is 308 g/mol. The van der Waals surface area contributed by atoms with Crippen LogP contribution < -0.4 is 5.46 Å². The van der Waals surface area contributed by atoms with E-state index in [4.69, 9.17) is 25.9 Å². The Morgan fingerprint density at radius 2 is 1.57 bits per heavy atom. The number of hydrogen-bond acceptors (Lipinski definition) is 3. The molecule has 0 bridgehead atoms. The highest BCUT2D eigenvalue weighted by Gasteiger charge is 2.52. The van der Waals surface area contributed by atoms with Gasteiger partial charge in [-0.25, -0.2) is 0 Å². The molecule has 0 saturated carbocycles. The number of benzene rings is 1. The number of aryl methyl sites for hydroxylation is 1. The monoisotopic (exact) mass is 329 g/mol. The van der Waals surface area contributed by atoms with Crippen molar-refractivity contribution in [3.05, 3.63) is 47.1 Å². The average molecular weight is 330 g/mol. The summed E-state index contributed by atoms with van der Waals surface area (Å²) in [6, 6.07) is 11.8. The van der Waals surface area contributed by atoms with Crippen molar-refractivity contribution in [1.29, 1.82) is 0 Å². The smallest absolute Gasteiger partial charge is 0.399 e. The van der Waals surface area contributed by atoms with Crippen molar-refractivity contribution in [3.8, 4) is 11.3 Å². The molecule has 2 heterocycles. The van der Waals surface area contributed by atoms with Gasteiger partial charge in [0.2, 0.25) is 0 Å². The molecule has 120 valence electrons. The molecule has 23 heavy (non-hydrogen) atoms. The van der Waals surface area contributed by atoms with Crippen molar-refractivity contribution in [2.24, 2.45) is 0 Å². The minimum Gasteiger partial charge on any atom is -0.399 e. The van der Waals surface area contributed by atoms with Gasteiger partial charge in [-0.1, -0.05) is 41.9 Å². The van der Waals surface area contributed by atoms with Gasteiger partial charge >= 0.3 is 7.12 Å². The van der Waals surface area contributed by atoms with Gasteiger partial charge in [-0.15, -0.1) is 0 Å². The molecule has 0 amide bonds. The third-order valence-electron chi connectivity index (χ3n) is 4.76. The number of aromatic nitrogens is 1. The van der Waals surface area contributed by atoms with Crippen molar-refractivity contribution in [2.75, 3.05) is 0 Å². The molecule has 0 radical (unpaired) electrons. The highest BCUT2D eigenvalue weighted by molar-refractivity contribution is 6.63. The second-order valence-electron chi connectivity index (χ2n) is 6.95. The van der Waals surface area contributed by atoms with Gasteiger partial charge in [-0.2, -0.15) is 0 Å². The molecule has 1 aliphatic rings. The first kappa shape index (κ1) is 16.5.